The van der Waals surface area contributed by atoms with Crippen LogP contribution in [0.15, 0.2) is 24.3 Å². The lowest BCUT2D eigenvalue weighted by Crippen LogP contribution is -2.12. The second-order valence-corrected chi connectivity index (χ2v) is 3.55. The smallest absolute Gasteiger partial charge is 0.119 e. The highest BCUT2D eigenvalue weighted by Gasteiger charge is 1.98. The van der Waals surface area contributed by atoms with Crippen LogP contribution in [0.5, 0.6) is 5.75 Å². The van der Waals surface area contributed by atoms with E-state index in [1.165, 1.54) is 5.56 Å². The zero-order valence-electron chi connectivity index (χ0n) is 9.27. The number of ether oxygens (including phenoxy) is 2. The molecule has 1 aromatic carbocycles. The maximum absolute atomic E-state index is 9.04. The van der Waals surface area contributed by atoms with Crippen molar-refractivity contribution in [3.8, 4) is 5.75 Å². The second-order valence-electron chi connectivity index (χ2n) is 3.55. The Labute approximate surface area is 90.6 Å². The zero-order valence-corrected chi connectivity index (χ0v) is 9.27. The summed E-state index contributed by atoms with van der Waals surface area (Å²) < 4.78 is 10.3. The van der Waals surface area contributed by atoms with Gasteiger partial charge >= 0.3 is 0 Å². The minimum atomic E-state index is -0.432. The van der Waals surface area contributed by atoms with Crippen molar-refractivity contribution in [3.05, 3.63) is 29.8 Å². The van der Waals surface area contributed by atoms with Crippen LogP contribution in [0.3, 0.4) is 0 Å². The van der Waals surface area contributed by atoms with E-state index in [1.807, 2.05) is 24.3 Å². The van der Waals surface area contributed by atoms with Crippen molar-refractivity contribution in [3.63, 3.8) is 0 Å². The quantitative estimate of drug-likeness (QED) is 0.775. The first-order valence-electron chi connectivity index (χ1n) is 5.11. The highest BCUT2D eigenvalue weighted by molar-refractivity contribution is 5.27. The number of aliphatic hydroxyl groups excluding tert-OH is 1. The van der Waals surface area contributed by atoms with Crippen LogP contribution in [0.25, 0.3) is 0 Å². The number of hydrogen-bond donors (Lipinski definition) is 1. The molecule has 0 saturated heterocycles. The molecule has 0 saturated carbocycles. The first-order chi connectivity index (χ1) is 7.22. The largest absolute Gasteiger partial charge is 0.491 e. The molecule has 0 aliphatic heterocycles. The van der Waals surface area contributed by atoms with Gasteiger partial charge in [0.1, 0.15) is 12.4 Å². The lowest BCUT2D eigenvalue weighted by molar-refractivity contribution is 0.122. The summed E-state index contributed by atoms with van der Waals surface area (Å²) in [5.74, 6) is 0.789. The van der Waals surface area contributed by atoms with Gasteiger partial charge in [0, 0.05) is 7.11 Å². The van der Waals surface area contributed by atoms with Crippen LogP contribution >= 0.6 is 0 Å². The van der Waals surface area contributed by atoms with E-state index in [0.29, 0.717) is 6.61 Å². The monoisotopic (exact) mass is 210 g/mol. The fourth-order valence-corrected chi connectivity index (χ4v) is 1.19. The van der Waals surface area contributed by atoms with E-state index < -0.39 is 6.10 Å². The fraction of sp³-hybridized carbons (Fsp3) is 0.500. The lowest BCUT2D eigenvalue weighted by atomic mass is 10.1. The van der Waals surface area contributed by atoms with Crippen LogP contribution < -0.4 is 4.74 Å². The Hall–Kier alpha value is -1.06. The number of rotatable bonds is 6. The molecular formula is C12H18O3. The SMILES string of the molecule is COCCc1ccc(OCC(C)O)cc1. The number of methoxy groups -OCH3 is 1. The third-order valence-corrected chi connectivity index (χ3v) is 2.01. The topological polar surface area (TPSA) is 38.7 Å². The highest BCUT2D eigenvalue weighted by Crippen LogP contribution is 2.12. The van der Waals surface area contributed by atoms with Crippen molar-refractivity contribution >= 4 is 0 Å². The molecule has 1 N–H and O–H groups in total. The van der Waals surface area contributed by atoms with E-state index >= 15 is 0 Å². The molecule has 1 rings (SSSR count). The molecule has 0 fully saturated rings. The maximum atomic E-state index is 9.04. The molecule has 84 valence electrons. The number of benzene rings is 1. The van der Waals surface area contributed by atoms with Gasteiger partial charge in [-0.05, 0) is 31.0 Å². The fourth-order valence-electron chi connectivity index (χ4n) is 1.19. The lowest BCUT2D eigenvalue weighted by Gasteiger charge is -2.08. The first kappa shape index (κ1) is 12.0. The molecule has 0 heterocycles. The molecular weight excluding hydrogens is 192 g/mol. The summed E-state index contributed by atoms with van der Waals surface area (Å²) in [7, 11) is 1.69. The highest BCUT2D eigenvalue weighted by atomic mass is 16.5. The average Bonchev–Trinajstić information content (AvgIpc) is 2.25. The Morgan fingerprint density at radius 1 is 1.27 bits per heavy atom. The maximum Gasteiger partial charge on any atom is 0.119 e. The van der Waals surface area contributed by atoms with Crippen molar-refractivity contribution < 1.29 is 14.6 Å². The predicted molar refractivity (Wildman–Crippen MR) is 59.2 cm³/mol. The van der Waals surface area contributed by atoms with Crippen molar-refractivity contribution in [1.29, 1.82) is 0 Å². The molecule has 0 aliphatic rings. The normalized spacial score (nSPS) is 12.5. The van der Waals surface area contributed by atoms with Gasteiger partial charge in [-0.15, -0.1) is 0 Å². The van der Waals surface area contributed by atoms with Gasteiger partial charge in [0.25, 0.3) is 0 Å². The minimum Gasteiger partial charge on any atom is -0.491 e. The Bertz CT molecular complexity index is 267. The number of hydrogen-bond acceptors (Lipinski definition) is 3. The van der Waals surface area contributed by atoms with Gasteiger partial charge < -0.3 is 14.6 Å². The summed E-state index contributed by atoms with van der Waals surface area (Å²) >= 11 is 0. The van der Waals surface area contributed by atoms with Gasteiger partial charge in [0.15, 0.2) is 0 Å². The summed E-state index contributed by atoms with van der Waals surface area (Å²) in [5, 5.41) is 9.04. The summed E-state index contributed by atoms with van der Waals surface area (Å²) in [6, 6.07) is 7.84. The average molecular weight is 210 g/mol. The van der Waals surface area contributed by atoms with Gasteiger partial charge in [-0.3, -0.25) is 0 Å². The number of aliphatic hydroxyl groups is 1. The third kappa shape index (κ3) is 4.81. The first-order valence-corrected chi connectivity index (χ1v) is 5.11. The van der Waals surface area contributed by atoms with Gasteiger partial charge in [-0.1, -0.05) is 12.1 Å². The molecule has 0 radical (unpaired) electrons. The van der Waals surface area contributed by atoms with E-state index in [1.54, 1.807) is 14.0 Å². The molecule has 1 unspecified atom stereocenters. The molecule has 0 spiro atoms. The van der Waals surface area contributed by atoms with Crippen molar-refractivity contribution in [1.82, 2.24) is 0 Å². The van der Waals surface area contributed by atoms with Gasteiger partial charge in [0.2, 0.25) is 0 Å². The predicted octanol–water partition coefficient (Wildman–Crippen LogP) is 1.64. The molecule has 15 heavy (non-hydrogen) atoms. The molecule has 1 aromatic rings. The zero-order chi connectivity index (χ0) is 11.1. The Kier molecular flexibility index (Phi) is 5.15. The second kappa shape index (κ2) is 6.43. The van der Waals surface area contributed by atoms with E-state index in [-0.39, 0.29) is 0 Å². The van der Waals surface area contributed by atoms with Gasteiger partial charge in [0.05, 0.1) is 12.7 Å². The van der Waals surface area contributed by atoms with Crippen molar-refractivity contribution in [2.45, 2.75) is 19.4 Å². The van der Waals surface area contributed by atoms with Gasteiger partial charge in [-0.2, -0.15) is 0 Å². The van der Waals surface area contributed by atoms with Crippen LogP contribution in [0, 0.1) is 0 Å². The Morgan fingerprint density at radius 2 is 1.93 bits per heavy atom. The molecule has 0 aromatic heterocycles. The third-order valence-electron chi connectivity index (χ3n) is 2.01. The van der Waals surface area contributed by atoms with Gasteiger partial charge in [-0.25, -0.2) is 0 Å². The summed E-state index contributed by atoms with van der Waals surface area (Å²) in [4.78, 5) is 0. The molecule has 1 atom stereocenters. The summed E-state index contributed by atoms with van der Waals surface area (Å²) in [6.07, 6.45) is 0.478. The summed E-state index contributed by atoms with van der Waals surface area (Å²) in [5.41, 5.74) is 1.22. The Morgan fingerprint density at radius 3 is 2.47 bits per heavy atom. The molecule has 3 nitrogen and oxygen atoms in total. The van der Waals surface area contributed by atoms with E-state index in [4.69, 9.17) is 14.6 Å². The van der Waals surface area contributed by atoms with E-state index in [2.05, 4.69) is 0 Å². The summed E-state index contributed by atoms with van der Waals surface area (Å²) in [6.45, 7) is 2.76. The van der Waals surface area contributed by atoms with Crippen molar-refractivity contribution in [2.75, 3.05) is 20.3 Å². The molecule has 0 aliphatic carbocycles. The van der Waals surface area contributed by atoms with Crippen LogP contribution in [0.1, 0.15) is 12.5 Å². The molecule has 3 heteroatoms. The van der Waals surface area contributed by atoms with Crippen LogP contribution in [0.4, 0.5) is 0 Å². The van der Waals surface area contributed by atoms with Crippen LogP contribution in [0.2, 0.25) is 0 Å². The van der Waals surface area contributed by atoms with Crippen molar-refractivity contribution in [2.24, 2.45) is 0 Å². The van der Waals surface area contributed by atoms with E-state index in [9.17, 15) is 0 Å². The van der Waals surface area contributed by atoms with Crippen LogP contribution in [-0.4, -0.2) is 31.5 Å². The molecule has 0 amide bonds. The molecule has 0 bridgehead atoms. The minimum absolute atomic E-state index is 0.331. The van der Waals surface area contributed by atoms with Crippen LogP contribution in [-0.2, 0) is 11.2 Å². The van der Waals surface area contributed by atoms with E-state index in [0.717, 1.165) is 18.8 Å². The Balaban J connectivity index is 2.41. The standard InChI is InChI=1S/C12H18O3/c1-10(13)9-15-12-5-3-11(4-6-12)7-8-14-2/h3-6,10,13H,7-9H2,1-2H3.